The van der Waals surface area contributed by atoms with Crippen LogP contribution in [0.2, 0.25) is 0 Å². The summed E-state index contributed by atoms with van der Waals surface area (Å²) in [5, 5.41) is 44.5. The molecule has 0 bridgehead atoms. The number of aliphatic hydroxyl groups is 4. The molecule has 1 aliphatic heterocycles. The SMILES string of the molecule is COc1ccc(CCC(=O)NCCCOP(=O)(O)C[C@H](O)C[C@H]2N[C@H](CO)[C@@H](O)[C@@H]2O)cc1. The minimum absolute atomic E-state index is 0.0745. The summed E-state index contributed by atoms with van der Waals surface area (Å²) in [6.45, 7) is -0.179. The maximum absolute atomic E-state index is 12.2. The molecule has 2 rings (SSSR count). The van der Waals surface area contributed by atoms with Gasteiger partial charge in [-0.2, -0.15) is 0 Å². The molecule has 1 amide bonds. The molecule has 1 unspecified atom stereocenters. The van der Waals surface area contributed by atoms with Gasteiger partial charge in [0.25, 0.3) is 0 Å². The second-order valence-electron chi connectivity index (χ2n) is 8.14. The molecule has 1 aromatic carbocycles. The molecule has 11 nitrogen and oxygen atoms in total. The number of carbonyl (C=O) groups is 1. The summed E-state index contributed by atoms with van der Waals surface area (Å²) in [5.74, 6) is 0.609. The van der Waals surface area contributed by atoms with Crippen LogP contribution in [0.25, 0.3) is 0 Å². The molecule has 6 atom stereocenters. The number of hydrogen-bond donors (Lipinski definition) is 7. The monoisotopic (exact) mass is 490 g/mol. The first kappa shape index (κ1) is 27.7. The highest BCUT2D eigenvalue weighted by Gasteiger charge is 2.41. The lowest BCUT2D eigenvalue weighted by Gasteiger charge is -2.21. The fraction of sp³-hybridized carbons (Fsp3) is 0.667. The molecule has 1 fully saturated rings. The van der Waals surface area contributed by atoms with Crippen LogP contribution in [0.3, 0.4) is 0 Å². The molecule has 1 aliphatic rings. The molecule has 0 saturated carbocycles. The molecule has 1 aromatic rings. The molecule has 12 heteroatoms. The molecular formula is C21H35N2O9P. The van der Waals surface area contributed by atoms with E-state index in [1.165, 1.54) is 0 Å². The van der Waals surface area contributed by atoms with E-state index >= 15 is 0 Å². The maximum atomic E-state index is 12.2. The summed E-state index contributed by atoms with van der Waals surface area (Å²) in [6.07, 6.45) is -3.06. The minimum atomic E-state index is -4.08. The second-order valence-corrected chi connectivity index (χ2v) is 10.0. The number of aliphatic hydroxyl groups excluding tert-OH is 4. The number of methoxy groups -OCH3 is 1. The third kappa shape index (κ3) is 9.30. The molecule has 0 aromatic heterocycles. The van der Waals surface area contributed by atoms with Gasteiger partial charge in [-0.25, -0.2) is 0 Å². The van der Waals surface area contributed by atoms with E-state index in [4.69, 9.17) is 14.4 Å². The van der Waals surface area contributed by atoms with E-state index in [9.17, 15) is 29.6 Å². The molecule has 7 N–H and O–H groups in total. The Bertz CT molecular complexity index is 780. The lowest BCUT2D eigenvalue weighted by atomic mass is 10.0. The van der Waals surface area contributed by atoms with Crippen LogP contribution in [0.4, 0.5) is 0 Å². The molecule has 33 heavy (non-hydrogen) atoms. The number of carbonyl (C=O) groups excluding carboxylic acids is 1. The summed E-state index contributed by atoms with van der Waals surface area (Å²) in [6, 6.07) is 6.00. The van der Waals surface area contributed by atoms with Gasteiger partial charge in [-0.15, -0.1) is 0 Å². The third-order valence-electron chi connectivity index (χ3n) is 5.50. The lowest BCUT2D eigenvalue weighted by Crippen LogP contribution is -2.38. The number of ether oxygens (including phenoxy) is 1. The van der Waals surface area contributed by atoms with Crippen molar-refractivity contribution in [1.82, 2.24) is 10.6 Å². The summed E-state index contributed by atoms with van der Waals surface area (Å²) in [5.41, 5.74) is 1.01. The number of benzene rings is 1. The fourth-order valence-electron chi connectivity index (χ4n) is 3.65. The van der Waals surface area contributed by atoms with Gasteiger partial charge in [0, 0.05) is 19.0 Å². The second kappa shape index (κ2) is 13.4. The largest absolute Gasteiger partial charge is 0.497 e. The third-order valence-corrected chi connectivity index (χ3v) is 6.97. The van der Waals surface area contributed by atoms with E-state index in [0.29, 0.717) is 19.3 Å². The van der Waals surface area contributed by atoms with Crippen molar-refractivity contribution in [2.75, 3.05) is 33.0 Å². The van der Waals surface area contributed by atoms with Crippen LogP contribution in [-0.2, 0) is 20.3 Å². The molecule has 188 valence electrons. The highest BCUT2D eigenvalue weighted by molar-refractivity contribution is 7.52. The van der Waals surface area contributed by atoms with Crippen molar-refractivity contribution in [2.24, 2.45) is 0 Å². The Morgan fingerprint density at radius 2 is 1.88 bits per heavy atom. The minimum Gasteiger partial charge on any atom is -0.497 e. The van der Waals surface area contributed by atoms with Crippen LogP contribution in [0.15, 0.2) is 24.3 Å². The zero-order chi connectivity index (χ0) is 24.4. The van der Waals surface area contributed by atoms with Crippen molar-refractivity contribution in [3.8, 4) is 5.75 Å². The molecule has 0 aliphatic carbocycles. The zero-order valence-corrected chi connectivity index (χ0v) is 19.6. The van der Waals surface area contributed by atoms with Crippen molar-refractivity contribution in [1.29, 1.82) is 0 Å². The normalized spacial score (nSPS) is 25.4. The van der Waals surface area contributed by atoms with E-state index in [2.05, 4.69) is 10.6 Å². The van der Waals surface area contributed by atoms with E-state index in [1.54, 1.807) is 7.11 Å². The standard InChI is InChI=1S/C21H35N2O9P/c1-31-16-6-3-14(4-7-16)5-8-19(26)22-9-2-10-32-33(29,30)13-15(25)11-17-20(27)21(28)18(12-24)23-17/h3-4,6-7,15,17-18,20-21,23-25,27-28H,2,5,8-13H2,1H3,(H,22,26)(H,29,30)/t15-,17-,18-,20-,21-/m1/s1. The molecular weight excluding hydrogens is 455 g/mol. The van der Waals surface area contributed by atoms with Gasteiger partial charge in [0.15, 0.2) is 0 Å². The number of hydrogen-bond acceptors (Lipinski definition) is 9. The van der Waals surface area contributed by atoms with Crippen molar-refractivity contribution in [3.05, 3.63) is 29.8 Å². The van der Waals surface area contributed by atoms with Crippen LogP contribution in [-0.4, -0.2) is 94.7 Å². The Hall–Kier alpha value is -1.56. The summed E-state index contributed by atoms with van der Waals surface area (Å²) < 4.78 is 22.3. The zero-order valence-electron chi connectivity index (χ0n) is 18.7. The van der Waals surface area contributed by atoms with Crippen LogP contribution in [0.1, 0.15) is 24.8 Å². The smallest absolute Gasteiger partial charge is 0.330 e. The molecule has 0 spiro atoms. The summed E-state index contributed by atoms with van der Waals surface area (Å²) in [4.78, 5) is 21.9. The van der Waals surface area contributed by atoms with Crippen LogP contribution < -0.4 is 15.4 Å². The molecule has 1 heterocycles. The average Bonchev–Trinajstić information content (AvgIpc) is 3.05. The van der Waals surface area contributed by atoms with Crippen molar-refractivity contribution in [2.45, 2.75) is 56.1 Å². The first-order valence-corrected chi connectivity index (χ1v) is 12.7. The first-order valence-electron chi connectivity index (χ1n) is 10.9. The van der Waals surface area contributed by atoms with E-state index in [-0.39, 0.29) is 32.1 Å². The lowest BCUT2D eigenvalue weighted by molar-refractivity contribution is -0.121. The van der Waals surface area contributed by atoms with Crippen LogP contribution >= 0.6 is 7.60 Å². The summed E-state index contributed by atoms with van der Waals surface area (Å²) in [7, 11) is -2.49. The van der Waals surface area contributed by atoms with Gasteiger partial charge in [-0.3, -0.25) is 9.36 Å². The number of aryl methyl sites for hydroxylation is 1. The van der Waals surface area contributed by atoms with Gasteiger partial charge in [0.2, 0.25) is 5.91 Å². The Labute approximate surface area is 193 Å². The molecule has 1 saturated heterocycles. The van der Waals surface area contributed by atoms with Gasteiger partial charge < -0.3 is 45.2 Å². The van der Waals surface area contributed by atoms with Gasteiger partial charge in [-0.05, 0) is 37.0 Å². The predicted octanol–water partition coefficient (Wildman–Crippen LogP) is -0.858. The van der Waals surface area contributed by atoms with Crippen molar-refractivity contribution >= 4 is 13.5 Å². The van der Waals surface area contributed by atoms with Crippen LogP contribution in [0, 0.1) is 0 Å². The Kier molecular flexibility index (Phi) is 11.2. The van der Waals surface area contributed by atoms with Crippen LogP contribution in [0.5, 0.6) is 5.75 Å². The average molecular weight is 490 g/mol. The van der Waals surface area contributed by atoms with Gasteiger partial charge >= 0.3 is 7.60 Å². The van der Waals surface area contributed by atoms with Crippen molar-refractivity contribution in [3.63, 3.8) is 0 Å². The number of amides is 1. The number of nitrogens with one attached hydrogen (secondary N) is 2. The van der Waals surface area contributed by atoms with Gasteiger partial charge in [0.1, 0.15) is 5.75 Å². The Morgan fingerprint density at radius 3 is 2.48 bits per heavy atom. The molecule has 0 radical (unpaired) electrons. The summed E-state index contributed by atoms with van der Waals surface area (Å²) >= 11 is 0. The van der Waals surface area contributed by atoms with E-state index in [0.717, 1.165) is 11.3 Å². The highest BCUT2D eigenvalue weighted by Crippen LogP contribution is 2.43. The van der Waals surface area contributed by atoms with Crippen molar-refractivity contribution < 1.29 is 43.9 Å². The maximum Gasteiger partial charge on any atom is 0.330 e. The fourth-order valence-corrected chi connectivity index (χ4v) is 4.85. The predicted molar refractivity (Wildman–Crippen MR) is 120 cm³/mol. The van der Waals surface area contributed by atoms with E-state index in [1.807, 2.05) is 24.3 Å². The quantitative estimate of drug-likeness (QED) is 0.128. The van der Waals surface area contributed by atoms with Gasteiger partial charge in [-0.1, -0.05) is 12.1 Å². The topological polar surface area (TPSA) is 178 Å². The Morgan fingerprint density at radius 1 is 1.21 bits per heavy atom. The van der Waals surface area contributed by atoms with E-state index < -0.39 is 44.2 Å². The Balaban J connectivity index is 1.59. The first-order chi connectivity index (χ1) is 15.6. The number of rotatable bonds is 14. The highest BCUT2D eigenvalue weighted by atomic mass is 31.2. The van der Waals surface area contributed by atoms with Gasteiger partial charge in [0.05, 0.1) is 50.8 Å².